The molecule has 0 radical (unpaired) electrons. The van der Waals surface area contributed by atoms with Crippen molar-refractivity contribution in [3.05, 3.63) is 23.5 Å². The summed E-state index contributed by atoms with van der Waals surface area (Å²) in [7, 11) is 1.48. The van der Waals surface area contributed by atoms with Crippen LogP contribution in [0.1, 0.15) is 37.0 Å². The summed E-state index contributed by atoms with van der Waals surface area (Å²) < 4.78 is 4.94. The summed E-state index contributed by atoms with van der Waals surface area (Å²) >= 11 is 0. The standard InChI is InChI=1S/C9H12N2O2.C2H6/c1-3-6-4-5-7(13-2)8(11-6)9(10)12;1-2/h4-5H,3H2,1-2H3,(H2,10,12);1-2H3. The van der Waals surface area contributed by atoms with E-state index in [2.05, 4.69) is 4.98 Å². The molecule has 1 aromatic rings. The van der Waals surface area contributed by atoms with Crippen molar-refractivity contribution in [2.75, 3.05) is 7.11 Å². The predicted molar refractivity (Wildman–Crippen MR) is 60.0 cm³/mol. The SMILES string of the molecule is CC.CCc1ccc(OC)c(C(N)=O)n1. The molecule has 0 unspecified atom stereocenters. The van der Waals surface area contributed by atoms with Crippen LogP contribution in [0.4, 0.5) is 0 Å². The molecule has 4 nitrogen and oxygen atoms in total. The highest BCUT2D eigenvalue weighted by molar-refractivity contribution is 5.93. The van der Waals surface area contributed by atoms with Gasteiger partial charge in [-0.05, 0) is 18.6 Å². The Morgan fingerprint density at radius 3 is 2.47 bits per heavy atom. The van der Waals surface area contributed by atoms with Crippen LogP contribution in [-0.4, -0.2) is 18.0 Å². The molecule has 0 aliphatic heterocycles. The van der Waals surface area contributed by atoms with Gasteiger partial charge in [-0.3, -0.25) is 4.79 Å². The first-order chi connectivity index (χ1) is 7.19. The second kappa shape index (κ2) is 6.81. The van der Waals surface area contributed by atoms with Crippen LogP contribution in [-0.2, 0) is 6.42 Å². The number of hydrogen-bond donors (Lipinski definition) is 1. The Labute approximate surface area is 90.5 Å². The van der Waals surface area contributed by atoms with Crippen LogP contribution in [0.15, 0.2) is 12.1 Å². The van der Waals surface area contributed by atoms with Crippen molar-refractivity contribution < 1.29 is 9.53 Å². The first-order valence-electron chi connectivity index (χ1n) is 5.02. The smallest absolute Gasteiger partial charge is 0.271 e. The van der Waals surface area contributed by atoms with Crippen molar-refractivity contribution in [2.24, 2.45) is 5.73 Å². The number of methoxy groups -OCH3 is 1. The van der Waals surface area contributed by atoms with Crippen molar-refractivity contribution in [3.8, 4) is 5.75 Å². The number of nitrogens with zero attached hydrogens (tertiary/aromatic N) is 1. The average molecular weight is 210 g/mol. The van der Waals surface area contributed by atoms with E-state index in [0.29, 0.717) is 5.75 Å². The molecule has 1 rings (SSSR count). The third-order valence-corrected chi connectivity index (χ3v) is 1.73. The minimum Gasteiger partial charge on any atom is -0.494 e. The van der Waals surface area contributed by atoms with Gasteiger partial charge < -0.3 is 10.5 Å². The van der Waals surface area contributed by atoms with E-state index in [0.717, 1.165) is 12.1 Å². The number of pyridine rings is 1. The van der Waals surface area contributed by atoms with Crippen LogP contribution in [0.25, 0.3) is 0 Å². The number of primary amides is 1. The quantitative estimate of drug-likeness (QED) is 0.827. The summed E-state index contributed by atoms with van der Waals surface area (Å²) in [5.74, 6) is -0.142. The number of carbonyl (C=O) groups excluding carboxylic acids is 1. The normalized spacial score (nSPS) is 8.80. The van der Waals surface area contributed by atoms with Gasteiger partial charge in [-0.25, -0.2) is 4.98 Å². The van der Waals surface area contributed by atoms with Gasteiger partial charge >= 0.3 is 0 Å². The lowest BCUT2D eigenvalue weighted by atomic mass is 10.2. The first-order valence-corrected chi connectivity index (χ1v) is 5.02. The Bertz CT molecular complexity index is 324. The lowest BCUT2D eigenvalue weighted by molar-refractivity contribution is 0.0992. The Balaban J connectivity index is 0.000000921. The van der Waals surface area contributed by atoms with Crippen molar-refractivity contribution in [1.29, 1.82) is 0 Å². The Hall–Kier alpha value is -1.58. The Morgan fingerprint density at radius 1 is 1.47 bits per heavy atom. The predicted octanol–water partition coefficient (Wildman–Crippen LogP) is 1.78. The summed E-state index contributed by atoms with van der Waals surface area (Å²) in [5.41, 5.74) is 6.16. The van der Waals surface area contributed by atoms with Gasteiger partial charge in [0.1, 0.15) is 5.75 Å². The Morgan fingerprint density at radius 2 is 2.07 bits per heavy atom. The monoisotopic (exact) mass is 210 g/mol. The molecule has 4 heteroatoms. The number of rotatable bonds is 3. The van der Waals surface area contributed by atoms with Gasteiger partial charge in [-0.1, -0.05) is 20.8 Å². The highest BCUT2D eigenvalue weighted by Crippen LogP contribution is 2.15. The van der Waals surface area contributed by atoms with Crippen LogP contribution >= 0.6 is 0 Å². The number of aryl methyl sites for hydroxylation is 1. The van der Waals surface area contributed by atoms with Crippen molar-refractivity contribution in [1.82, 2.24) is 4.98 Å². The highest BCUT2D eigenvalue weighted by Gasteiger charge is 2.10. The first kappa shape index (κ1) is 13.4. The van der Waals surface area contributed by atoms with Crippen LogP contribution in [0.2, 0.25) is 0 Å². The van der Waals surface area contributed by atoms with E-state index >= 15 is 0 Å². The molecule has 84 valence electrons. The summed E-state index contributed by atoms with van der Waals surface area (Å²) in [5, 5.41) is 0. The zero-order valence-electron chi connectivity index (χ0n) is 9.70. The summed E-state index contributed by atoms with van der Waals surface area (Å²) in [6.45, 7) is 5.96. The molecule has 0 atom stereocenters. The molecule has 1 amide bonds. The molecule has 0 saturated carbocycles. The molecule has 0 saturated heterocycles. The Kier molecular flexibility index (Phi) is 6.09. The second-order valence-corrected chi connectivity index (χ2v) is 2.57. The molecule has 0 aliphatic rings. The van der Waals surface area contributed by atoms with Crippen molar-refractivity contribution >= 4 is 5.91 Å². The van der Waals surface area contributed by atoms with Gasteiger partial charge in [0.2, 0.25) is 0 Å². The van der Waals surface area contributed by atoms with Crippen molar-refractivity contribution in [3.63, 3.8) is 0 Å². The average Bonchev–Trinajstić information content (AvgIpc) is 2.30. The van der Waals surface area contributed by atoms with E-state index in [1.807, 2.05) is 26.8 Å². The van der Waals surface area contributed by atoms with Gasteiger partial charge in [0.05, 0.1) is 7.11 Å². The topological polar surface area (TPSA) is 65.2 Å². The molecular formula is C11H18N2O2. The van der Waals surface area contributed by atoms with Gasteiger partial charge in [0.25, 0.3) is 5.91 Å². The van der Waals surface area contributed by atoms with Crippen LogP contribution in [0.5, 0.6) is 5.75 Å². The van der Waals surface area contributed by atoms with Crippen molar-refractivity contribution in [2.45, 2.75) is 27.2 Å². The lowest BCUT2D eigenvalue weighted by Crippen LogP contribution is -2.15. The maximum Gasteiger partial charge on any atom is 0.271 e. The maximum absolute atomic E-state index is 10.9. The van der Waals surface area contributed by atoms with E-state index in [-0.39, 0.29) is 5.69 Å². The maximum atomic E-state index is 10.9. The molecule has 0 spiro atoms. The molecule has 15 heavy (non-hydrogen) atoms. The molecule has 1 aromatic heterocycles. The van der Waals surface area contributed by atoms with E-state index in [1.165, 1.54) is 7.11 Å². The third kappa shape index (κ3) is 3.58. The number of hydrogen-bond acceptors (Lipinski definition) is 3. The number of nitrogens with two attached hydrogens (primary N) is 1. The second-order valence-electron chi connectivity index (χ2n) is 2.57. The molecule has 1 heterocycles. The minimum absolute atomic E-state index is 0.196. The van der Waals surface area contributed by atoms with E-state index < -0.39 is 5.91 Å². The third-order valence-electron chi connectivity index (χ3n) is 1.73. The van der Waals surface area contributed by atoms with Crippen LogP contribution in [0.3, 0.4) is 0 Å². The van der Waals surface area contributed by atoms with Crippen LogP contribution < -0.4 is 10.5 Å². The fourth-order valence-corrected chi connectivity index (χ4v) is 1.02. The number of aromatic nitrogens is 1. The molecule has 0 aromatic carbocycles. The summed E-state index contributed by atoms with van der Waals surface area (Å²) in [4.78, 5) is 15.0. The summed E-state index contributed by atoms with van der Waals surface area (Å²) in [6.07, 6.45) is 0.768. The zero-order valence-corrected chi connectivity index (χ0v) is 9.70. The molecular weight excluding hydrogens is 192 g/mol. The number of ether oxygens (including phenoxy) is 1. The molecule has 0 fully saturated rings. The van der Waals surface area contributed by atoms with Gasteiger partial charge in [0.15, 0.2) is 5.69 Å². The van der Waals surface area contributed by atoms with Crippen LogP contribution in [0, 0.1) is 0 Å². The fraction of sp³-hybridized carbons (Fsp3) is 0.455. The van der Waals surface area contributed by atoms with Gasteiger partial charge in [-0.15, -0.1) is 0 Å². The highest BCUT2D eigenvalue weighted by atomic mass is 16.5. The van der Waals surface area contributed by atoms with Gasteiger partial charge in [0, 0.05) is 5.69 Å². The molecule has 0 aliphatic carbocycles. The zero-order chi connectivity index (χ0) is 11.8. The number of carbonyl (C=O) groups is 1. The minimum atomic E-state index is -0.563. The largest absolute Gasteiger partial charge is 0.494 e. The fourth-order valence-electron chi connectivity index (χ4n) is 1.02. The summed E-state index contributed by atoms with van der Waals surface area (Å²) in [6, 6.07) is 3.51. The van der Waals surface area contributed by atoms with E-state index in [4.69, 9.17) is 10.5 Å². The molecule has 0 bridgehead atoms. The number of amides is 1. The van der Waals surface area contributed by atoms with E-state index in [1.54, 1.807) is 6.07 Å². The van der Waals surface area contributed by atoms with Gasteiger partial charge in [-0.2, -0.15) is 0 Å². The van der Waals surface area contributed by atoms with E-state index in [9.17, 15) is 4.79 Å². The molecule has 2 N–H and O–H groups in total. The lowest BCUT2D eigenvalue weighted by Gasteiger charge is -2.05.